The minimum absolute atomic E-state index is 0.0611. The number of aromatic nitrogens is 4. The molecule has 0 N–H and O–H groups in total. The molecule has 266 valence electrons. The zero-order valence-electron chi connectivity index (χ0n) is 37.8. The first-order valence-electron chi connectivity index (χ1n) is 22.4. The van der Waals surface area contributed by atoms with Crippen molar-refractivity contribution in [3.63, 3.8) is 0 Å². The van der Waals surface area contributed by atoms with Crippen LogP contribution in [0.15, 0.2) is 182 Å². The van der Waals surface area contributed by atoms with E-state index in [1.807, 2.05) is 78.9 Å². The van der Waals surface area contributed by atoms with Gasteiger partial charge in [0.05, 0.1) is 22.0 Å². The Morgan fingerprint density at radius 1 is 0.404 bits per heavy atom. The van der Waals surface area contributed by atoms with Gasteiger partial charge in [-0.15, -0.1) is 22.7 Å². The maximum absolute atomic E-state index is 8.93. The fourth-order valence-electron chi connectivity index (χ4n) is 7.88. The SMILES string of the molecule is [2H]c1c([2H])c([2H])c2c(c1[2H])c1c([2H])c([2H])c([2H])c([2H])c1n2-c1ccc2c(c1)sc1cc(-c3ccc4c(c3)sc3cccc(-c5nc(-c6ccccc6)nc(-c6ccccc6)n5)c34)ccc12. The number of thiophene rings is 2. The third kappa shape index (κ3) is 5.22. The topological polar surface area (TPSA) is 43.6 Å². The van der Waals surface area contributed by atoms with Gasteiger partial charge < -0.3 is 4.57 Å². The first-order chi connectivity index (χ1) is 31.5. The van der Waals surface area contributed by atoms with E-state index in [1.54, 1.807) is 27.2 Å². The largest absolute Gasteiger partial charge is 0.309 e. The van der Waals surface area contributed by atoms with Crippen LogP contribution in [-0.2, 0) is 0 Å². The Labute approximate surface area is 346 Å². The molecule has 0 aliphatic carbocycles. The summed E-state index contributed by atoms with van der Waals surface area (Å²) in [6.07, 6.45) is 0. The summed E-state index contributed by atoms with van der Waals surface area (Å²) in [4.78, 5) is 15.0. The molecule has 0 saturated heterocycles. The molecule has 0 aliphatic heterocycles. The predicted octanol–water partition coefficient (Wildman–Crippen LogP) is 14.4. The predicted molar refractivity (Wildman–Crippen MR) is 242 cm³/mol. The average Bonchev–Trinajstić information content (AvgIpc) is 4.03. The standard InChI is InChI=1S/C51H30N4S2/c1-3-12-31(13-4-1)49-52-50(32-14-5-2-6-15-32)54-51(53-49)41-18-11-21-44-48(41)40-26-23-34(29-46(40)56-44)33-22-25-38-39-27-24-35(30-47(39)57-45(38)28-33)55-42-19-9-7-16-36(42)37-17-8-10-20-43(37)55/h1-30H/i7D,8D,9D,10D,16D,17D,19D,20D. The van der Waals surface area contributed by atoms with Crippen molar-refractivity contribution in [2.75, 3.05) is 0 Å². The van der Waals surface area contributed by atoms with Gasteiger partial charge >= 0.3 is 0 Å². The van der Waals surface area contributed by atoms with Gasteiger partial charge in [-0.25, -0.2) is 15.0 Å². The molecule has 4 aromatic heterocycles. The molecular weight excluding hydrogens is 733 g/mol. The zero-order chi connectivity index (χ0) is 44.4. The zero-order valence-corrected chi connectivity index (χ0v) is 31.4. The van der Waals surface area contributed by atoms with Gasteiger partial charge in [-0.2, -0.15) is 0 Å². The van der Waals surface area contributed by atoms with Crippen LogP contribution >= 0.6 is 22.7 Å². The average molecular weight is 771 g/mol. The van der Waals surface area contributed by atoms with Crippen LogP contribution in [-0.4, -0.2) is 19.5 Å². The van der Waals surface area contributed by atoms with Crippen molar-refractivity contribution in [1.29, 1.82) is 0 Å². The highest BCUT2D eigenvalue weighted by molar-refractivity contribution is 7.26. The van der Waals surface area contributed by atoms with Crippen molar-refractivity contribution in [1.82, 2.24) is 19.5 Å². The normalized spacial score (nSPS) is 13.8. The van der Waals surface area contributed by atoms with Crippen molar-refractivity contribution >= 4 is 84.8 Å². The summed E-state index contributed by atoms with van der Waals surface area (Å²) < 4.78 is 75.0. The Bertz CT molecular complexity index is 3860. The monoisotopic (exact) mass is 770 g/mol. The molecule has 57 heavy (non-hydrogen) atoms. The van der Waals surface area contributed by atoms with Crippen LogP contribution < -0.4 is 0 Å². The van der Waals surface area contributed by atoms with Gasteiger partial charge in [0.1, 0.15) is 0 Å². The van der Waals surface area contributed by atoms with Crippen LogP contribution in [0.5, 0.6) is 0 Å². The molecule has 0 saturated carbocycles. The fraction of sp³-hybridized carbons (Fsp3) is 0. The first kappa shape index (κ1) is 25.2. The lowest BCUT2D eigenvalue weighted by Gasteiger charge is -2.09. The van der Waals surface area contributed by atoms with E-state index in [0.717, 1.165) is 68.2 Å². The van der Waals surface area contributed by atoms with Crippen LogP contribution in [0.3, 0.4) is 0 Å². The lowest BCUT2D eigenvalue weighted by atomic mass is 10.0. The summed E-state index contributed by atoms with van der Waals surface area (Å²) >= 11 is 3.32. The quantitative estimate of drug-likeness (QED) is 0.175. The highest BCUT2D eigenvalue weighted by atomic mass is 32.1. The Morgan fingerprint density at radius 3 is 1.58 bits per heavy atom. The molecule has 0 bridgehead atoms. The third-order valence-corrected chi connectivity index (χ3v) is 12.8. The van der Waals surface area contributed by atoms with Crippen LogP contribution in [0.25, 0.3) is 113 Å². The second kappa shape index (κ2) is 12.8. The van der Waals surface area contributed by atoms with E-state index in [1.165, 1.54) is 0 Å². The van der Waals surface area contributed by atoms with Crippen molar-refractivity contribution < 1.29 is 11.0 Å². The molecule has 6 heteroatoms. The lowest BCUT2D eigenvalue weighted by molar-refractivity contribution is 1.08. The number of fused-ring (bicyclic) bond motifs is 9. The molecule has 0 atom stereocenters. The fourth-order valence-corrected chi connectivity index (χ4v) is 10.2. The van der Waals surface area contributed by atoms with Gasteiger partial charge in [0.15, 0.2) is 17.5 Å². The number of hydrogen-bond donors (Lipinski definition) is 0. The first-order valence-corrected chi connectivity index (χ1v) is 20.0. The molecule has 0 unspecified atom stereocenters. The van der Waals surface area contributed by atoms with Gasteiger partial charge in [-0.1, -0.05) is 139 Å². The Morgan fingerprint density at radius 2 is 0.930 bits per heavy atom. The van der Waals surface area contributed by atoms with E-state index < -0.39 is 24.2 Å². The Kier molecular flexibility index (Phi) is 5.66. The second-order valence-corrected chi connectivity index (χ2v) is 16.0. The van der Waals surface area contributed by atoms with Gasteiger partial charge in [-0.3, -0.25) is 0 Å². The second-order valence-electron chi connectivity index (χ2n) is 13.8. The molecule has 0 radical (unpaired) electrons. The molecule has 0 fully saturated rings. The molecule has 12 rings (SSSR count). The van der Waals surface area contributed by atoms with Gasteiger partial charge in [0.2, 0.25) is 0 Å². The van der Waals surface area contributed by atoms with Crippen LogP contribution in [0, 0.1) is 0 Å². The molecule has 0 aliphatic rings. The number of rotatable bonds is 5. The Balaban J connectivity index is 0.972. The summed E-state index contributed by atoms with van der Waals surface area (Å²) in [6, 6.07) is 41.8. The molecule has 0 amide bonds. The number of benzene rings is 8. The van der Waals surface area contributed by atoms with E-state index in [4.69, 9.17) is 25.9 Å². The summed E-state index contributed by atoms with van der Waals surface area (Å²) in [5.74, 6) is 1.83. The van der Waals surface area contributed by atoms with E-state index in [0.29, 0.717) is 23.2 Å². The Hall–Kier alpha value is -6.99. The van der Waals surface area contributed by atoms with Crippen molar-refractivity contribution in [3.8, 4) is 51.0 Å². The van der Waals surface area contributed by atoms with E-state index in [9.17, 15) is 0 Å². The maximum Gasteiger partial charge on any atom is 0.164 e. The lowest BCUT2D eigenvalue weighted by Crippen LogP contribution is -2.00. The summed E-state index contributed by atoms with van der Waals surface area (Å²) in [5.41, 5.74) is 5.61. The molecule has 4 heterocycles. The minimum atomic E-state index is -0.462. The van der Waals surface area contributed by atoms with Crippen LogP contribution in [0.2, 0.25) is 0 Å². The highest BCUT2D eigenvalue weighted by Gasteiger charge is 2.18. The van der Waals surface area contributed by atoms with Crippen LogP contribution in [0.1, 0.15) is 11.0 Å². The number of nitrogens with zero attached hydrogens (tertiary/aromatic N) is 4. The van der Waals surface area contributed by atoms with E-state index >= 15 is 0 Å². The summed E-state index contributed by atoms with van der Waals surface area (Å²) in [6.45, 7) is 0. The molecule has 12 aromatic rings. The smallest absolute Gasteiger partial charge is 0.164 e. The maximum atomic E-state index is 8.93. The van der Waals surface area contributed by atoms with Crippen molar-refractivity contribution in [3.05, 3.63) is 182 Å². The molecular formula is C51H30N4S2. The van der Waals surface area contributed by atoms with Crippen molar-refractivity contribution in [2.24, 2.45) is 0 Å². The minimum Gasteiger partial charge on any atom is -0.309 e. The van der Waals surface area contributed by atoms with E-state index in [2.05, 4.69) is 54.6 Å². The summed E-state index contributed by atoms with van der Waals surface area (Å²) in [5, 5.41) is 4.38. The molecule has 8 aromatic carbocycles. The van der Waals surface area contributed by atoms with Crippen LogP contribution in [0.4, 0.5) is 0 Å². The third-order valence-electron chi connectivity index (χ3n) is 10.5. The van der Waals surface area contributed by atoms with Gasteiger partial charge in [0.25, 0.3) is 0 Å². The van der Waals surface area contributed by atoms with E-state index in [-0.39, 0.29) is 46.0 Å². The van der Waals surface area contributed by atoms with Gasteiger partial charge in [0, 0.05) is 73.5 Å². The molecule has 0 spiro atoms. The summed E-state index contributed by atoms with van der Waals surface area (Å²) in [7, 11) is 0. The number of hydrogen-bond acceptors (Lipinski definition) is 5. The molecule has 4 nitrogen and oxygen atoms in total. The van der Waals surface area contributed by atoms with Gasteiger partial charge in [-0.05, 0) is 53.5 Å². The van der Waals surface area contributed by atoms with Crippen molar-refractivity contribution in [2.45, 2.75) is 0 Å². The highest BCUT2D eigenvalue weighted by Crippen LogP contribution is 2.43. The number of para-hydroxylation sites is 2.